The number of nitrogens with zero attached hydrogens (tertiary/aromatic N) is 5. The molecule has 2 saturated carbocycles. The highest BCUT2D eigenvalue weighted by Gasteiger charge is 2.53. The zero-order chi connectivity index (χ0) is 21.2. The van der Waals surface area contributed by atoms with E-state index in [1.165, 1.54) is 19.3 Å². The van der Waals surface area contributed by atoms with Gasteiger partial charge in [0.1, 0.15) is 17.6 Å². The summed E-state index contributed by atoms with van der Waals surface area (Å²) in [5.41, 5.74) is 9.89. The third kappa shape index (κ3) is 2.89. The predicted octanol–water partition coefficient (Wildman–Crippen LogP) is 3.52. The van der Waals surface area contributed by atoms with Crippen LogP contribution in [0.15, 0.2) is 36.8 Å². The molecule has 7 nitrogen and oxygen atoms in total. The summed E-state index contributed by atoms with van der Waals surface area (Å²) in [4.78, 5) is 7.40. The van der Waals surface area contributed by atoms with Gasteiger partial charge in [-0.3, -0.25) is 0 Å². The quantitative estimate of drug-likeness (QED) is 0.702. The van der Waals surface area contributed by atoms with Gasteiger partial charge in [0.2, 0.25) is 0 Å². The Balaban J connectivity index is 1.38. The van der Waals surface area contributed by atoms with Crippen molar-refractivity contribution in [3.05, 3.63) is 42.4 Å². The Kier molecular flexibility index (Phi) is 4.03. The first kappa shape index (κ1) is 18.6. The summed E-state index contributed by atoms with van der Waals surface area (Å²) < 4.78 is 7.44. The number of rotatable bonds is 4. The van der Waals surface area contributed by atoms with Gasteiger partial charge in [-0.2, -0.15) is 10.4 Å². The van der Waals surface area contributed by atoms with E-state index in [-0.39, 0.29) is 5.54 Å². The maximum Gasteiger partial charge on any atom is 0.138 e. The van der Waals surface area contributed by atoms with Crippen molar-refractivity contribution in [1.82, 2.24) is 14.6 Å². The summed E-state index contributed by atoms with van der Waals surface area (Å²) in [7, 11) is 0. The topological polar surface area (TPSA) is 92.5 Å². The predicted molar refractivity (Wildman–Crippen MR) is 118 cm³/mol. The van der Waals surface area contributed by atoms with Crippen LogP contribution in [0.2, 0.25) is 0 Å². The van der Waals surface area contributed by atoms with Crippen LogP contribution in [-0.4, -0.2) is 38.8 Å². The molecule has 7 heteroatoms. The van der Waals surface area contributed by atoms with Gasteiger partial charge in [-0.1, -0.05) is 0 Å². The molecular weight excluding hydrogens is 388 g/mol. The first-order chi connectivity index (χ1) is 15.1. The maximum absolute atomic E-state index is 9.55. The molecule has 3 aromatic heterocycles. The molecule has 0 radical (unpaired) electrons. The zero-order valence-corrected chi connectivity index (χ0v) is 17.7. The SMILES string of the molecule is CCOc1cc(-c2ccc(N3C4CC5CC3CC(N)(C5)C4)nc2)c2c(C#N)cnn2c1. The smallest absolute Gasteiger partial charge is 0.138 e. The summed E-state index contributed by atoms with van der Waals surface area (Å²) in [6.07, 6.45) is 11.1. The fourth-order valence-electron chi connectivity index (χ4n) is 6.40. The fourth-order valence-corrected chi connectivity index (χ4v) is 6.40. The Labute approximate surface area is 181 Å². The fraction of sp³-hybridized carbons (Fsp3) is 0.458. The van der Waals surface area contributed by atoms with E-state index in [2.05, 4.69) is 28.2 Å². The van der Waals surface area contributed by atoms with Crippen molar-refractivity contribution in [2.75, 3.05) is 11.5 Å². The normalized spacial score (nSPS) is 28.8. The molecule has 2 atom stereocenters. The summed E-state index contributed by atoms with van der Waals surface area (Å²) in [5, 5.41) is 13.9. The van der Waals surface area contributed by atoms with Gasteiger partial charge >= 0.3 is 0 Å². The molecule has 2 saturated heterocycles. The zero-order valence-electron chi connectivity index (χ0n) is 17.7. The Hall–Kier alpha value is -3.11. The van der Waals surface area contributed by atoms with Crippen molar-refractivity contribution in [2.45, 2.75) is 56.7 Å². The number of ether oxygens (including phenoxy) is 1. The largest absolute Gasteiger partial charge is 0.492 e. The van der Waals surface area contributed by atoms with E-state index in [9.17, 15) is 5.26 Å². The lowest BCUT2D eigenvalue weighted by molar-refractivity contribution is 0.0648. The van der Waals surface area contributed by atoms with E-state index in [0.717, 1.165) is 47.0 Å². The van der Waals surface area contributed by atoms with Gasteiger partial charge in [0.15, 0.2) is 0 Å². The highest BCUT2D eigenvalue weighted by Crippen LogP contribution is 2.51. The average molecular weight is 415 g/mol. The van der Waals surface area contributed by atoms with E-state index in [0.29, 0.717) is 24.3 Å². The number of piperidine rings is 2. The van der Waals surface area contributed by atoms with Gasteiger partial charge in [-0.25, -0.2) is 9.50 Å². The molecule has 4 fully saturated rings. The molecule has 2 N–H and O–H groups in total. The number of anilines is 1. The number of pyridine rings is 2. The molecule has 2 aliphatic carbocycles. The van der Waals surface area contributed by atoms with Gasteiger partial charge in [-0.05, 0) is 63.1 Å². The molecule has 2 aliphatic heterocycles. The first-order valence-corrected chi connectivity index (χ1v) is 11.1. The third-order valence-corrected chi connectivity index (χ3v) is 7.32. The summed E-state index contributed by atoms with van der Waals surface area (Å²) in [6.45, 7) is 2.52. The molecule has 2 unspecified atom stereocenters. The Bertz CT molecular complexity index is 1180. The molecule has 0 spiro atoms. The lowest BCUT2D eigenvalue weighted by atomic mass is 9.60. The van der Waals surface area contributed by atoms with Crippen LogP contribution in [0.25, 0.3) is 16.6 Å². The number of fused-ring (bicyclic) bond motifs is 1. The third-order valence-electron chi connectivity index (χ3n) is 7.32. The van der Waals surface area contributed by atoms with Gasteiger partial charge in [0, 0.05) is 34.9 Å². The molecule has 4 bridgehead atoms. The van der Waals surface area contributed by atoms with Crippen LogP contribution in [0, 0.1) is 17.2 Å². The average Bonchev–Trinajstić information content (AvgIpc) is 3.15. The Morgan fingerprint density at radius 2 is 2.03 bits per heavy atom. The minimum Gasteiger partial charge on any atom is -0.492 e. The molecule has 3 aromatic rings. The second-order valence-corrected chi connectivity index (χ2v) is 9.42. The van der Waals surface area contributed by atoms with Crippen LogP contribution in [-0.2, 0) is 0 Å². The minimum atomic E-state index is 0.0357. The van der Waals surface area contributed by atoms with E-state index in [1.54, 1.807) is 10.7 Å². The molecular formula is C24H26N6O. The Morgan fingerprint density at radius 1 is 1.23 bits per heavy atom. The standard InChI is InChI=1S/C24H26N6O/c1-2-31-20-7-21(23-17(11-25)13-28-29(23)14-20)16-3-4-22(27-12-16)30-18-5-15-6-19(30)10-24(26,8-15)9-18/h3-4,7,12-15,18-19H,2,5-6,8-10,26H2,1H3. The first-order valence-electron chi connectivity index (χ1n) is 11.1. The molecule has 5 heterocycles. The van der Waals surface area contributed by atoms with E-state index in [4.69, 9.17) is 15.5 Å². The number of aromatic nitrogens is 3. The molecule has 4 aliphatic rings. The van der Waals surface area contributed by atoms with Gasteiger partial charge < -0.3 is 15.4 Å². The van der Waals surface area contributed by atoms with E-state index >= 15 is 0 Å². The second kappa shape index (κ2) is 6.69. The highest BCUT2D eigenvalue weighted by atomic mass is 16.5. The van der Waals surface area contributed by atoms with Crippen molar-refractivity contribution in [2.24, 2.45) is 11.7 Å². The lowest BCUT2D eigenvalue weighted by Crippen LogP contribution is -2.67. The van der Waals surface area contributed by atoms with Crippen LogP contribution in [0.4, 0.5) is 5.82 Å². The molecule has 0 aromatic carbocycles. The number of nitrogens with two attached hydrogens (primary N) is 1. The summed E-state index contributed by atoms with van der Waals surface area (Å²) >= 11 is 0. The van der Waals surface area contributed by atoms with Crippen LogP contribution >= 0.6 is 0 Å². The van der Waals surface area contributed by atoms with Crippen molar-refractivity contribution in [3.8, 4) is 22.9 Å². The van der Waals surface area contributed by atoms with Crippen LogP contribution in [0.5, 0.6) is 5.75 Å². The minimum absolute atomic E-state index is 0.0357. The van der Waals surface area contributed by atoms with Crippen molar-refractivity contribution in [1.29, 1.82) is 5.26 Å². The number of nitriles is 1. The van der Waals surface area contributed by atoms with E-state index < -0.39 is 0 Å². The van der Waals surface area contributed by atoms with Crippen molar-refractivity contribution < 1.29 is 4.74 Å². The van der Waals surface area contributed by atoms with E-state index in [1.807, 2.05) is 25.4 Å². The van der Waals surface area contributed by atoms with Crippen molar-refractivity contribution >= 4 is 11.3 Å². The molecule has 7 rings (SSSR count). The van der Waals surface area contributed by atoms with Crippen LogP contribution in [0.3, 0.4) is 0 Å². The molecule has 158 valence electrons. The summed E-state index contributed by atoms with van der Waals surface area (Å²) in [5.74, 6) is 2.53. The number of hydrogen-bond acceptors (Lipinski definition) is 6. The Morgan fingerprint density at radius 3 is 2.68 bits per heavy atom. The van der Waals surface area contributed by atoms with Crippen LogP contribution < -0.4 is 15.4 Å². The second-order valence-electron chi connectivity index (χ2n) is 9.42. The van der Waals surface area contributed by atoms with Gasteiger partial charge in [0.25, 0.3) is 0 Å². The van der Waals surface area contributed by atoms with Crippen molar-refractivity contribution in [3.63, 3.8) is 0 Å². The monoisotopic (exact) mass is 414 g/mol. The highest BCUT2D eigenvalue weighted by molar-refractivity contribution is 5.85. The molecule has 0 amide bonds. The van der Waals surface area contributed by atoms with Gasteiger partial charge in [0.05, 0.1) is 30.1 Å². The number of hydrogen-bond donors (Lipinski definition) is 1. The maximum atomic E-state index is 9.55. The summed E-state index contributed by atoms with van der Waals surface area (Å²) in [6, 6.07) is 9.45. The lowest BCUT2D eigenvalue weighted by Gasteiger charge is -2.60. The van der Waals surface area contributed by atoms with Crippen LogP contribution in [0.1, 0.15) is 44.6 Å². The molecule has 31 heavy (non-hydrogen) atoms. The van der Waals surface area contributed by atoms with Gasteiger partial charge in [-0.15, -0.1) is 0 Å².